The summed E-state index contributed by atoms with van der Waals surface area (Å²) in [5, 5.41) is 2.91. The first-order valence-corrected chi connectivity index (χ1v) is 6.61. The molecule has 3 N–H and O–H groups in total. The molecule has 0 atom stereocenters. The first-order chi connectivity index (χ1) is 9.74. The number of amides is 1. The highest BCUT2D eigenvalue weighted by Crippen LogP contribution is 2.15. The van der Waals surface area contributed by atoms with Gasteiger partial charge in [-0.3, -0.25) is 10.2 Å². The van der Waals surface area contributed by atoms with Crippen molar-refractivity contribution in [3.63, 3.8) is 0 Å². The van der Waals surface area contributed by atoms with Gasteiger partial charge in [0.15, 0.2) is 0 Å². The molecule has 20 heavy (non-hydrogen) atoms. The minimum absolute atomic E-state index is 0.127. The molecule has 0 saturated heterocycles. The Morgan fingerprint density at radius 2 is 2.05 bits per heavy atom. The molecule has 1 aliphatic carbocycles. The van der Waals surface area contributed by atoms with Crippen molar-refractivity contribution in [3.05, 3.63) is 54.0 Å². The SMILES string of the molecule is O=C(CNc1ccc(F)cc1)NN/C=C1/CC=CCC1. The van der Waals surface area contributed by atoms with Gasteiger partial charge in [-0.15, -0.1) is 0 Å². The van der Waals surface area contributed by atoms with Crippen LogP contribution in [0.15, 0.2) is 48.2 Å². The summed E-state index contributed by atoms with van der Waals surface area (Å²) in [5.74, 6) is -0.479. The van der Waals surface area contributed by atoms with E-state index in [2.05, 4.69) is 28.3 Å². The third kappa shape index (κ3) is 4.76. The van der Waals surface area contributed by atoms with E-state index in [0.29, 0.717) is 5.69 Å². The van der Waals surface area contributed by atoms with Crippen LogP contribution in [-0.4, -0.2) is 12.5 Å². The molecule has 1 aliphatic rings. The summed E-state index contributed by atoms with van der Waals surface area (Å²) < 4.78 is 12.7. The van der Waals surface area contributed by atoms with E-state index in [1.165, 1.54) is 17.7 Å². The number of allylic oxidation sites excluding steroid dienone is 3. The summed E-state index contributed by atoms with van der Waals surface area (Å²) in [6, 6.07) is 5.87. The molecular weight excluding hydrogens is 257 g/mol. The fourth-order valence-corrected chi connectivity index (χ4v) is 1.87. The molecule has 0 bridgehead atoms. The molecule has 0 fully saturated rings. The highest BCUT2D eigenvalue weighted by Gasteiger charge is 2.01. The number of nitrogens with one attached hydrogen (secondary N) is 3. The van der Waals surface area contributed by atoms with Crippen molar-refractivity contribution in [2.45, 2.75) is 19.3 Å². The molecule has 0 aliphatic heterocycles. The number of halogens is 1. The Balaban J connectivity index is 1.67. The van der Waals surface area contributed by atoms with Crippen molar-refractivity contribution in [2.24, 2.45) is 0 Å². The summed E-state index contributed by atoms with van der Waals surface area (Å²) in [5.41, 5.74) is 7.36. The monoisotopic (exact) mass is 275 g/mol. The smallest absolute Gasteiger partial charge is 0.257 e. The number of hydrazine groups is 1. The lowest BCUT2D eigenvalue weighted by molar-refractivity contribution is -0.120. The van der Waals surface area contributed by atoms with Crippen molar-refractivity contribution in [1.29, 1.82) is 0 Å². The summed E-state index contributed by atoms with van der Waals surface area (Å²) >= 11 is 0. The largest absolute Gasteiger partial charge is 0.376 e. The van der Waals surface area contributed by atoms with Gasteiger partial charge in [-0.1, -0.05) is 12.2 Å². The highest BCUT2D eigenvalue weighted by molar-refractivity contribution is 5.80. The van der Waals surface area contributed by atoms with Crippen LogP contribution in [-0.2, 0) is 4.79 Å². The minimum atomic E-state index is -0.296. The fourth-order valence-electron chi connectivity index (χ4n) is 1.87. The molecular formula is C15H18FN3O. The van der Waals surface area contributed by atoms with Crippen LogP contribution in [0, 0.1) is 5.82 Å². The summed E-state index contributed by atoms with van der Waals surface area (Å²) in [7, 11) is 0. The van der Waals surface area contributed by atoms with Crippen LogP contribution in [0.5, 0.6) is 0 Å². The Hall–Kier alpha value is -2.30. The second kappa shape index (κ2) is 7.33. The van der Waals surface area contributed by atoms with Gasteiger partial charge in [-0.25, -0.2) is 4.39 Å². The number of hydrogen-bond donors (Lipinski definition) is 3. The van der Waals surface area contributed by atoms with E-state index in [0.717, 1.165) is 19.3 Å². The van der Waals surface area contributed by atoms with Gasteiger partial charge in [-0.2, -0.15) is 0 Å². The quantitative estimate of drug-likeness (QED) is 0.571. The molecule has 1 amide bonds. The maximum atomic E-state index is 12.7. The zero-order valence-corrected chi connectivity index (χ0v) is 11.2. The van der Waals surface area contributed by atoms with Gasteiger partial charge >= 0.3 is 0 Å². The van der Waals surface area contributed by atoms with E-state index in [1.807, 2.05) is 6.20 Å². The summed E-state index contributed by atoms with van der Waals surface area (Å²) in [4.78, 5) is 11.6. The van der Waals surface area contributed by atoms with Gasteiger partial charge in [0.25, 0.3) is 5.91 Å². The molecule has 0 heterocycles. The Kier molecular flexibility index (Phi) is 5.17. The van der Waals surface area contributed by atoms with E-state index in [9.17, 15) is 9.18 Å². The Morgan fingerprint density at radius 1 is 1.25 bits per heavy atom. The Bertz CT molecular complexity index is 508. The van der Waals surface area contributed by atoms with Crippen LogP contribution in [0.4, 0.5) is 10.1 Å². The molecule has 0 aromatic heterocycles. The van der Waals surface area contributed by atoms with Crippen LogP contribution in [0.25, 0.3) is 0 Å². The van der Waals surface area contributed by atoms with Crippen LogP contribution in [0.2, 0.25) is 0 Å². The predicted octanol–water partition coefficient (Wildman–Crippen LogP) is 2.48. The molecule has 0 spiro atoms. The van der Waals surface area contributed by atoms with E-state index >= 15 is 0 Å². The van der Waals surface area contributed by atoms with Crippen LogP contribution < -0.4 is 16.2 Å². The number of anilines is 1. The summed E-state index contributed by atoms with van der Waals surface area (Å²) in [6.07, 6.45) is 9.11. The number of carbonyl (C=O) groups is 1. The molecule has 106 valence electrons. The topological polar surface area (TPSA) is 53.2 Å². The molecule has 0 radical (unpaired) electrons. The average molecular weight is 275 g/mol. The zero-order valence-electron chi connectivity index (χ0n) is 11.2. The Morgan fingerprint density at radius 3 is 2.75 bits per heavy atom. The molecule has 0 unspecified atom stereocenters. The maximum Gasteiger partial charge on any atom is 0.257 e. The molecule has 1 aromatic carbocycles. The van der Waals surface area contributed by atoms with Crippen molar-refractivity contribution in [3.8, 4) is 0 Å². The van der Waals surface area contributed by atoms with Crippen LogP contribution >= 0.6 is 0 Å². The normalized spacial score (nSPS) is 15.9. The Labute approximate surface area is 117 Å². The minimum Gasteiger partial charge on any atom is -0.376 e. The third-order valence-electron chi connectivity index (χ3n) is 2.96. The second-order valence-corrected chi connectivity index (χ2v) is 4.57. The average Bonchev–Trinajstić information content (AvgIpc) is 2.48. The molecule has 1 aromatic rings. The van der Waals surface area contributed by atoms with E-state index in [4.69, 9.17) is 0 Å². The molecule has 4 nitrogen and oxygen atoms in total. The third-order valence-corrected chi connectivity index (χ3v) is 2.96. The molecule has 5 heteroatoms. The maximum absolute atomic E-state index is 12.7. The van der Waals surface area contributed by atoms with Crippen molar-refractivity contribution in [1.82, 2.24) is 10.9 Å². The lowest BCUT2D eigenvalue weighted by Gasteiger charge is -2.11. The van der Waals surface area contributed by atoms with E-state index in [1.54, 1.807) is 12.1 Å². The van der Waals surface area contributed by atoms with Gasteiger partial charge < -0.3 is 10.7 Å². The first-order valence-electron chi connectivity index (χ1n) is 6.61. The standard InChI is InChI=1S/C15H18FN3O/c16-13-6-8-14(9-7-13)17-11-15(20)19-18-10-12-4-2-1-3-5-12/h1-2,6-10,17-18H,3-5,11H2,(H,19,20)/b12-10-. The predicted molar refractivity (Wildman–Crippen MR) is 77.2 cm³/mol. The lowest BCUT2D eigenvalue weighted by Crippen LogP contribution is -2.37. The number of rotatable bonds is 5. The van der Waals surface area contributed by atoms with Crippen molar-refractivity contribution >= 4 is 11.6 Å². The fraction of sp³-hybridized carbons (Fsp3) is 0.267. The van der Waals surface area contributed by atoms with E-state index < -0.39 is 0 Å². The lowest BCUT2D eigenvalue weighted by atomic mass is 10.0. The van der Waals surface area contributed by atoms with Gasteiger partial charge in [0.1, 0.15) is 5.82 Å². The van der Waals surface area contributed by atoms with Crippen LogP contribution in [0.3, 0.4) is 0 Å². The van der Waals surface area contributed by atoms with Gasteiger partial charge in [-0.05, 0) is 49.1 Å². The van der Waals surface area contributed by atoms with Crippen molar-refractivity contribution < 1.29 is 9.18 Å². The summed E-state index contributed by atoms with van der Waals surface area (Å²) in [6.45, 7) is 0.127. The first kappa shape index (κ1) is 14.1. The zero-order chi connectivity index (χ0) is 14.2. The number of hydrogen-bond acceptors (Lipinski definition) is 3. The number of benzene rings is 1. The number of carbonyl (C=O) groups excluding carboxylic acids is 1. The van der Waals surface area contributed by atoms with Gasteiger partial charge in [0.2, 0.25) is 0 Å². The molecule has 2 rings (SSSR count). The van der Waals surface area contributed by atoms with E-state index in [-0.39, 0.29) is 18.3 Å². The molecule has 0 saturated carbocycles. The van der Waals surface area contributed by atoms with Gasteiger partial charge in [0, 0.05) is 11.9 Å². The highest BCUT2D eigenvalue weighted by atomic mass is 19.1. The van der Waals surface area contributed by atoms with Gasteiger partial charge in [0.05, 0.1) is 6.54 Å². The van der Waals surface area contributed by atoms with Crippen molar-refractivity contribution in [2.75, 3.05) is 11.9 Å². The second-order valence-electron chi connectivity index (χ2n) is 4.57. The van der Waals surface area contributed by atoms with Crippen LogP contribution in [0.1, 0.15) is 19.3 Å².